The van der Waals surface area contributed by atoms with Gasteiger partial charge in [0.25, 0.3) is 0 Å². The number of halogens is 1. The number of hydrogen-bond acceptors (Lipinski definition) is 2. The fraction of sp³-hybridized carbons (Fsp3) is 0.533. The lowest BCUT2D eigenvalue weighted by Crippen LogP contribution is -2.28. The van der Waals surface area contributed by atoms with Crippen molar-refractivity contribution in [1.29, 1.82) is 0 Å². The summed E-state index contributed by atoms with van der Waals surface area (Å²) in [4.78, 5) is 11.9. The second-order valence-electron chi connectivity index (χ2n) is 4.95. The van der Waals surface area contributed by atoms with Crippen molar-refractivity contribution < 1.29 is 4.79 Å². The second-order valence-corrected chi connectivity index (χ2v) is 5.39. The predicted octanol–water partition coefficient (Wildman–Crippen LogP) is 3.42. The third kappa shape index (κ3) is 6.08. The van der Waals surface area contributed by atoms with E-state index in [1.54, 1.807) is 0 Å². The Labute approximate surface area is 120 Å². The molecule has 19 heavy (non-hydrogen) atoms. The molecule has 0 aromatic heterocycles. The van der Waals surface area contributed by atoms with Gasteiger partial charge in [-0.25, -0.2) is 0 Å². The Balaban J connectivity index is 2.47. The lowest BCUT2D eigenvalue weighted by molar-refractivity contribution is -0.122. The number of rotatable bonds is 7. The third-order valence-electron chi connectivity index (χ3n) is 3.08. The van der Waals surface area contributed by atoms with Gasteiger partial charge in [0.05, 0.1) is 6.04 Å². The summed E-state index contributed by atoms with van der Waals surface area (Å²) in [6.07, 6.45) is 3.11. The van der Waals surface area contributed by atoms with E-state index in [4.69, 9.17) is 17.3 Å². The van der Waals surface area contributed by atoms with Crippen LogP contribution in [0.3, 0.4) is 0 Å². The molecule has 1 rings (SSSR count). The Morgan fingerprint density at radius 1 is 1.37 bits per heavy atom. The van der Waals surface area contributed by atoms with Crippen molar-refractivity contribution in [2.75, 3.05) is 0 Å². The van der Waals surface area contributed by atoms with Crippen molar-refractivity contribution >= 4 is 17.5 Å². The Morgan fingerprint density at radius 2 is 2.00 bits per heavy atom. The molecule has 0 radical (unpaired) electrons. The maximum Gasteiger partial charge on any atom is 0.220 e. The van der Waals surface area contributed by atoms with Gasteiger partial charge in [-0.15, -0.1) is 0 Å². The van der Waals surface area contributed by atoms with Crippen molar-refractivity contribution in [3.8, 4) is 0 Å². The highest BCUT2D eigenvalue weighted by atomic mass is 35.5. The van der Waals surface area contributed by atoms with Crippen LogP contribution in [-0.4, -0.2) is 11.9 Å². The lowest BCUT2D eigenvalue weighted by atomic mass is 10.0. The molecule has 0 spiro atoms. The Kier molecular flexibility index (Phi) is 6.89. The van der Waals surface area contributed by atoms with E-state index in [1.165, 1.54) is 0 Å². The first-order chi connectivity index (χ1) is 9.02. The number of hydrogen-bond donors (Lipinski definition) is 2. The molecule has 1 aromatic carbocycles. The molecular weight excluding hydrogens is 260 g/mol. The zero-order valence-corrected chi connectivity index (χ0v) is 12.4. The van der Waals surface area contributed by atoms with Crippen molar-refractivity contribution in [1.82, 2.24) is 5.32 Å². The summed E-state index contributed by atoms with van der Waals surface area (Å²) in [5, 5.41) is 3.76. The molecule has 0 saturated carbocycles. The van der Waals surface area contributed by atoms with Crippen molar-refractivity contribution in [2.45, 2.75) is 51.6 Å². The average Bonchev–Trinajstić information content (AvgIpc) is 2.36. The molecule has 0 aliphatic rings. The Morgan fingerprint density at radius 3 is 2.53 bits per heavy atom. The van der Waals surface area contributed by atoms with E-state index < -0.39 is 0 Å². The van der Waals surface area contributed by atoms with E-state index in [0.29, 0.717) is 11.4 Å². The molecule has 0 aliphatic heterocycles. The SMILES string of the molecule is CCC(NC(=O)CCCC(C)N)c1ccc(Cl)cc1. The van der Waals surface area contributed by atoms with E-state index in [2.05, 4.69) is 12.2 Å². The summed E-state index contributed by atoms with van der Waals surface area (Å²) in [6.45, 7) is 4.02. The number of nitrogens with two attached hydrogens (primary N) is 1. The zero-order chi connectivity index (χ0) is 14.3. The van der Waals surface area contributed by atoms with Gasteiger partial charge in [-0.3, -0.25) is 4.79 Å². The summed E-state index contributed by atoms with van der Waals surface area (Å²) in [5.41, 5.74) is 6.76. The minimum atomic E-state index is 0.0556. The van der Waals surface area contributed by atoms with Gasteiger partial charge in [-0.1, -0.05) is 30.7 Å². The highest BCUT2D eigenvalue weighted by Gasteiger charge is 2.12. The Hall–Kier alpha value is -1.06. The van der Waals surface area contributed by atoms with Crippen LogP contribution in [0.2, 0.25) is 5.02 Å². The molecule has 0 fully saturated rings. The molecule has 106 valence electrons. The van der Waals surface area contributed by atoms with Crippen LogP contribution in [0.15, 0.2) is 24.3 Å². The molecule has 0 heterocycles. The normalized spacial score (nSPS) is 13.9. The molecule has 4 heteroatoms. The quantitative estimate of drug-likeness (QED) is 0.805. The molecule has 0 saturated heterocycles. The number of benzene rings is 1. The van der Waals surface area contributed by atoms with Gasteiger partial charge in [0, 0.05) is 17.5 Å². The largest absolute Gasteiger partial charge is 0.349 e. The molecule has 2 unspecified atom stereocenters. The van der Waals surface area contributed by atoms with Gasteiger partial charge in [0.2, 0.25) is 5.91 Å². The van der Waals surface area contributed by atoms with Gasteiger partial charge >= 0.3 is 0 Å². The van der Waals surface area contributed by atoms with Gasteiger partial charge in [0.15, 0.2) is 0 Å². The van der Waals surface area contributed by atoms with Crippen LogP contribution < -0.4 is 11.1 Å². The molecule has 0 bridgehead atoms. The molecular formula is C15H23ClN2O. The topological polar surface area (TPSA) is 55.1 Å². The molecule has 1 amide bonds. The molecule has 3 N–H and O–H groups in total. The van der Waals surface area contributed by atoms with E-state index >= 15 is 0 Å². The second kappa shape index (κ2) is 8.18. The minimum Gasteiger partial charge on any atom is -0.349 e. The number of carbonyl (C=O) groups excluding carboxylic acids is 1. The van der Waals surface area contributed by atoms with Crippen LogP contribution in [0.4, 0.5) is 0 Å². The van der Waals surface area contributed by atoms with E-state index in [1.807, 2.05) is 31.2 Å². The molecule has 2 atom stereocenters. The standard InChI is InChI=1S/C15H23ClN2O/c1-3-14(12-7-9-13(16)10-8-12)18-15(19)6-4-5-11(2)17/h7-11,14H,3-6,17H2,1-2H3,(H,18,19). The number of carbonyl (C=O) groups is 1. The fourth-order valence-corrected chi connectivity index (χ4v) is 2.09. The average molecular weight is 283 g/mol. The van der Waals surface area contributed by atoms with Crippen LogP contribution in [0.1, 0.15) is 51.1 Å². The predicted molar refractivity (Wildman–Crippen MR) is 80.1 cm³/mol. The van der Waals surface area contributed by atoms with Gasteiger partial charge in [0.1, 0.15) is 0 Å². The first-order valence-electron chi connectivity index (χ1n) is 6.83. The lowest BCUT2D eigenvalue weighted by Gasteiger charge is -2.17. The summed E-state index contributed by atoms with van der Waals surface area (Å²) in [5.74, 6) is 0.0856. The number of amides is 1. The minimum absolute atomic E-state index is 0.0556. The van der Waals surface area contributed by atoms with Crippen LogP contribution in [0, 0.1) is 0 Å². The third-order valence-corrected chi connectivity index (χ3v) is 3.33. The maximum absolute atomic E-state index is 11.9. The van der Waals surface area contributed by atoms with Crippen molar-refractivity contribution in [3.63, 3.8) is 0 Å². The van der Waals surface area contributed by atoms with Crippen LogP contribution in [0.25, 0.3) is 0 Å². The maximum atomic E-state index is 11.9. The van der Waals surface area contributed by atoms with E-state index in [0.717, 1.165) is 24.8 Å². The van der Waals surface area contributed by atoms with Crippen molar-refractivity contribution in [3.05, 3.63) is 34.9 Å². The van der Waals surface area contributed by atoms with Gasteiger partial charge in [-0.05, 0) is 43.9 Å². The van der Waals surface area contributed by atoms with Gasteiger partial charge in [-0.2, -0.15) is 0 Å². The monoisotopic (exact) mass is 282 g/mol. The van der Waals surface area contributed by atoms with Gasteiger partial charge < -0.3 is 11.1 Å². The van der Waals surface area contributed by atoms with E-state index in [9.17, 15) is 4.79 Å². The fourth-order valence-electron chi connectivity index (χ4n) is 1.97. The van der Waals surface area contributed by atoms with Crippen molar-refractivity contribution in [2.24, 2.45) is 5.73 Å². The summed E-state index contributed by atoms with van der Waals surface area (Å²) >= 11 is 5.86. The summed E-state index contributed by atoms with van der Waals surface area (Å²) in [7, 11) is 0. The van der Waals surface area contributed by atoms with Crippen LogP contribution >= 0.6 is 11.6 Å². The molecule has 1 aromatic rings. The smallest absolute Gasteiger partial charge is 0.220 e. The highest BCUT2D eigenvalue weighted by molar-refractivity contribution is 6.30. The Bertz CT molecular complexity index is 390. The summed E-state index contributed by atoms with van der Waals surface area (Å²) < 4.78 is 0. The molecule has 3 nitrogen and oxygen atoms in total. The zero-order valence-electron chi connectivity index (χ0n) is 11.7. The molecule has 0 aliphatic carbocycles. The number of nitrogens with one attached hydrogen (secondary N) is 1. The van der Waals surface area contributed by atoms with Crippen LogP contribution in [-0.2, 0) is 4.79 Å². The summed E-state index contributed by atoms with van der Waals surface area (Å²) in [6, 6.07) is 7.83. The van der Waals surface area contributed by atoms with Crippen LogP contribution in [0.5, 0.6) is 0 Å². The first-order valence-corrected chi connectivity index (χ1v) is 7.21. The highest BCUT2D eigenvalue weighted by Crippen LogP contribution is 2.19. The first kappa shape index (κ1) is 16.0. The van der Waals surface area contributed by atoms with E-state index in [-0.39, 0.29) is 18.0 Å².